The molecule has 0 aliphatic heterocycles. The average Bonchev–Trinajstić information content (AvgIpc) is 2.64. The Morgan fingerprint density at radius 3 is 2.35 bits per heavy atom. The van der Waals surface area contributed by atoms with Gasteiger partial charge in [-0.2, -0.15) is 5.11 Å². The van der Waals surface area contributed by atoms with E-state index in [1.54, 1.807) is 66.7 Å². The van der Waals surface area contributed by atoms with Crippen LogP contribution in [0.4, 0.5) is 17.1 Å². The molecule has 0 saturated heterocycles. The molecular formula is C20H16ClN3O2. The summed E-state index contributed by atoms with van der Waals surface area (Å²) in [6.07, 6.45) is 0. The number of nitrogens with one attached hydrogen (secondary N) is 1. The van der Waals surface area contributed by atoms with Gasteiger partial charge >= 0.3 is 0 Å². The highest BCUT2D eigenvalue weighted by Gasteiger charge is 2.06. The quantitative estimate of drug-likeness (QED) is 0.554. The largest absolute Gasteiger partial charge is 0.506 e. The minimum absolute atomic E-state index is 0.0752. The lowest BCUT2D eigenvalue weighted by molar-refractivity contribution is 0.102. The molecule has 3 aromatic carbocycles. The number of rotatable bonds is 4. The van der Waals surface area contributed by atoms with Crippen molar-refractivity contribution in [2.75, 3.05) is 5.32 Å². The van der Waals surface area contributed by atoms with Crippen LogP contribution in [0.15, 0.2) is 77.0 Å². The third kappa shape index (κ3) is 4.46. The zero-order chi connectivity index (χ0) is 18.5. The summed E-state index contributed by atoms with van der Waals surface area (Å²) in [4.78, 5) is 12.2. The van der Waals surface area contributed by atoms with Gasteiger partial charge in [0.1, 0.15) is 11.4 Å². The molecule has 0 spiro atoms. The van der Waals surface area contributed by atoms with Crippen molar-refractivity contribution in [3.05, 3.63) is 82.9 Å². The van der Waals surface area contributed by atoms with Gasteiger partial charge in [0.15, 0.2) is 0 Å². The van der Waals surface area contributed by atoms with E-state index in [0.29, 0.717) is 27.6 Å². The highest BCUT2D eigenvalue weighted by atomic mass is 35.5. The van der Waals surface area contributed by atoms with Gasteiger partial charge < -0.3 is 10.4 Å². The number of carbonyl (C=O) groups excluding carboxylic acids is 1. The smallest absolute Gasteiger partial charge is 0.255 e. The molecule has 1 amide bonds. The molecule has 0 aliphatic carbocycles. The Morgan fingerprint density at radius 1 is 0.962 bits per heavy atom. The van der Waals surface area contributed by atoms with Crippen molar-refractivity contribution in [3.8, 4) is 5.75 Å². The number of azo groups is 1. The number of hydrogen-bond acceptors (Lipinski definition) is 4. The second kappa shape index (κ2) is 7.80. The number of aryl methyl sites for hydroxylation is 1. The highest BCUT2D eigenvalue weighted by Crippen LogP contribution is 2.29. The van der Waals surface area contributed by atoms with Crippen LogP contribution in [0.3, 0.4) is 0 Å². The molecule has 5 nitrogen and oxygen atoms in total. The monoisotopic (exact) mass is 365 g/mol. The van der Waals surface area contributed by atoms with Crippen LogP contribution >= 0.6 is 11.6 Å². The topological polar surface area (TPSA) is 74.1 Å². The molecule has 0 radical (unpaired) electrons. The Kier molecular flexibility index (Phi) is 5.29. The molecule has 0 unspecified atom stereocenters. The molecule has 6 heteroatoms. The van der Waals surface area contributed by atoms with E-state index in [4.69, 9.17) is 11.6 Å². The summed E-state index contributed by atoms with van der Waals surface area (Å²) in [5.74, 6) is -0.146. The van der Waals surface area contributed by atoms with Crippen LogP contribution in [-0.4, -0.2) is 11.0 Å². The molecule has 0 heterocycles. The van der Waals surface area contributed by atoms with Gasteiger partial charge in [-0.3, -0.25) is 4.79 Å². The predicted molar refractivity (Wildman–Crippen MR) is 103 cm³/mol. The first-order valence-corrected chi connectivity index (χ1v) is 8.27. The number of aromatic hydroxyl groups is 1. The lowest BCUT2D eigenvalue weighted by Crippen LogP contribution is -2.11. The Labute approximate surface area is 156 Å². The first kappa shape index (κ1) is 17.6. The average molecular weight is 366 g/mol. The number of hydrogen-bond donors (Lipinski definition) is 2. The molecule has 0 bridgehead atoms. The Morgan fingerprint density at radius 2 is 1.65 bits per heavy atom. The number of halogens is 1. The van der Waals surface area contributed by atoms with E-state index in [1.807, 2.05) is 6.92 Å². The van der Waals surface area contributed by atoms with Gasteiger partial charge in [0.2, 0.25) is 0 Å². The van der Waals surface area contributed by atoms with Gasteiger partial charge in [-0.25, -0.2) is 0 Å². The lowest BCUT2D eigenvalue weighted by atomic mass is 10.2. The number of carbonyl (C=O) groups is 1. The lowest BCUT2D eigenvalue weighted by Gasteiger charge is -2.05. The number of phenolic OH excluding ortho intramolecular Hbond substituents is 1. The van der Waals surface area contributed by atoms with E-state index >= 15 is 0 Å². The minimum Gasteiger partial charge on any atom is -0.506 e. The van der Waals surface area contributed by atoms with Crippen molar-refractivity contribution in [1.29, 1.82) is 0 Å². The van der Waals surface area contributed by atoms with Gasteiger partial charge in [0, 0.05) is 16.3 Å². The van der Waals surface area contributed by atoms with Gasteiger partial charge in [-0.05, 0) is 73.2 Å². The number of anilines is 1. The van der Waals surface area contributed by atoms with Crippen molar-refractivity contribution in [1.82, 2.24) is 0 Å². The van der Waals surface area contributed by atoms with Gasteiger partial charge in [-0.1, -0.05) is 17.7 Å². The molecular weight excluding hydrogens is 350 g/mol. The molecule has 26 heavy (non-hydrogen) atoms. The van der Waals surface area contributed by atoms with Crippen molar-refractivity contribution < 1.29 is 9.90 Å². The summed E-state index contributed by atoms with van der Waals surface area (Å²) in [5, 5.41) is 21.3. The third-order valence-electron chi connectivity index (χ3n) is 3.64. The molecule has 0 atom stereocenters. The summed E-state index contributed by atoms with van der Waals surface area (Å²) in [5.41, 5.74) is 3.16. The zero-order valence-corrected chi connectivity index (χ0v) is 14.7. The van der Waals surface area contributed by atoms with Crippen LogP contribution in [-0.2, 0) is 0 Å². The summed E-state index contributed by atoms with van der Waals surface area (Å²) in [6, 6.07) is 18.7. The van der Waals surface area contributed by atoms with Crippen molar-refractivity contribution in [3.63, 3.8) is 0 Å². The molecule has 0 aromatic heterocycles. The second-order valence-corrected chi connectivity index (χ2v) is 6.14. The fraction of sp³-hybridized carbons (Fsp3) is 0.0500. The number of benzene rings is 3. The van der Waals surface area contributed by atoms with E-state index in [1.165, 1.54) is 0 Å². The van der Waals surface area contributed by atoms with E-state index in [-0.39, 0.29) is 11.7 Å². The van der Waals surface area contributed by atoms with Crippen LogP contribution in [0.25, 0.3) is 0 Å². The first-order valence-electron chi connectivity index (χ1n) is 7.89. The molecule has 0 saturated carbocycles. The Hall–Kier alpha value is -3.18. The van der Waals surface area contributed by atoms with Gasteiger partial charge in [0.25, 0.3) is 5.91 Å². The summed E-state index contributed by atoms with van der Waals surface area (Å²) < 4.78 is 0. The Bertz CT molecular complexity index is 952. The second-order valence-electron chi connectivity index (χ2n) is 5.70. The van der Waals surface area contributed by atoms with Gasteiger partial charge in [-0.15, -0.1) is 5.11 Å². The first-order chi connectivity index (χ1) is 12.5. The Balaban J connectivity index is 1.68. The van der Waals surface area contributed by atoms with Gasteiger partial charge in [0.05, 0.1) is 5.69 Å². The number of phenols is 1. The maximum atomic E-state index is 12.2. The summed E-state index contributed by atoms with van der Waals surface area (Å²) >= 11 is 5.82. The van der Waals surface area contributed by atoms with E-state index < -0.39 is 0 Å². The van der Waals surface area contributed by atoms with Crippen molar-refractivity contribution >= 4 is 34.6 Å². The maximum absolute atomic E-state index is 12.2. The minimum atomic E-state index is -0.222. The normalized spacial score (nSPS) is 10.8. The molecule has 130 valence electrons. The number of amides is 1. The molecule has 0 aliphatic rings. The SMILES string of the molecule is Cc1ccc(O)c(N=Nc2ccc(NC(=O)c3ccc(Cl)cc3)cc2)c1. The van der Waals surface area contributed by atoms with Crippen LogP contribution in [0, 0.1) is 6.92 Å². The predicted octanol–water partition coefficient (Wildman–Crippen LogP) is 6.02. The van der Waals surface area contributed by atoms with Crippen LogP contribution in [0.1, 0.15) is 15.9 Å². The molecule has 3 rings (SSSR count). The third-order valence-corrected chi connectivity index (χ3v) is 3.89. The fourth-order valence-corrected chi connectivity index (χ4v) is 2.37. The zero-order valence-electron chi connectivity index (χ0n) is 14.0. The van der Waals surface area contributed by atoms with E-state index in [9.17, 15) is 9.90 Å². The molecule has 0 fully saturated rings. The van der Waals surface area contributed by atoms with Crippen LogP contribution in [0.5, 0.6) is 5.75 Å². The van der Waals surface area contributed by atoms with Crippen LogP contribution in [0.2, 0.25) is 5.02 Å². The van der Waals surface area contributed by atoms with Crippen molar-refractivity contribution in [2.45, 2.75) is 6.92 Å². The standard InChI is InChI=1S/C20H16ClN3O2/c1-13-2-11-19(25)18(12-13)24-23-17-9-7-16(8-10-17)22-20(26)14-3-5-15(21)6-4-14/h2-12,25H,1H3,(H,22,26). The van der Waals surface area contributed by atoms with Crippen LogP contribution < -0.4 is 5.32 Å². The van der Waals surface area contributed by atoms with E-state index in [0.717, 1.165) is 5.56 Å². The van der Waals surface area contributed by atoms with E-state index in [2.05, 4.69) is 15.5 Å². The fourth-order valence-electron chi connectivity index (χ4n) is 2.24. The summed E-state index contributed by atoms with van der Waals surface area (Å²) in [7, 11) is 0. The molecule has 2 N–H and O–H groups in total. The van der Waals surface area contributed by atoms with Crippen molar-refractivity contribution in [2.24, 2.45) is 10.2 Å². The number of nitrogens with zero attached hydrogens (tertiary/aromatic N) is 2. The molecule has 3 aromatic rings. The maximum Gasteiger partial charge on any atom is 0.255 e. The summed E-state index contributed by atoms with van der Waals surface area (Å²) in [6.45, 7) is 1.91. The highest BCUT2D eigenvalue weighted by molar-refractivity contribution is 6.30.